The predicted molar refractivity (Wildman–Crippen MR) is 42.9 cm³/mol. The van der Waals surface area contributed by atoms with Crippen molar-refractivity contribution in [1.29, 1.82) is 0 Å². The van der Waals surface area contributed by atoms with E-state index in [0.717, 1.165) is 0 Å². The number of rotatable bonds is 2. The summed E-state index contributed by atoms with van der Waals surface area (Å²) in [5.41, 5.74) is 19.6. The topological polar surface area (TPSA) is 104 Å². The average molecular weight is 136 g/mol. The van der Waals surface area contributed by atoms with E-state index in [1.54, 1.807) is 0 Å². The highest BCUT2D eigenvalue weighted by Gasteiger charge is 1.54. The summed E-state index contributed by atoms with van der Waals surface area (Å²) in [6, 6.07) is 0. The van der Waals surface area contributed by atoms with Crippen LogP contribution in [0.3, 0.4) is 0 Å². The van der Waals surface area contributed by atoms with Crippen molar-refractivity contribution in [2.75, 3.05) is 26.2 Å². The summed E-state index contributed by atoms with van der Waals surface area (Å²) in [5.74, 6) is 0. The van der Waals surface area contributed by atoms with Gasteiger partial charge < -0.3 is 22.9 Å². The van der Waals surface area contributed by atoms with Crippen LogP contribution in [0.1, 0.15) is 7.43 Å². The van der Waals surface area contributed by atoms with E-state index in [1.165, 1.54) is 0 Å². The summed E-state index contributed by atoms with van der Waals surface area (Å²) in [6.45, 7) is 2.39. The van der Waals surface area contributed by atoms with Crippen LogP contribution in [0.2, 0.25) is 0 Å². The fourth-order valence-electron chi connectivity index (χ4n) is 0. The van der Waals surface area contributed by atoms with E-state index in [1.807, 2.05) is 0 Å². The van der Waals surface area contributed by atoms with Crippen LogP contribution < -0.4 is 22.9 Å². The van der Waals surface area contributed by atoms with E-state index >= 15 is 0 Å². The van der Waals surface area contributed by atoms with Gasteiger partial charge in [-0.05, 0) is 0 Å². The third-order valence-corrected chi connectivity index (χ3v) is 0.333. The minimum atomic E-state index is 0. The summed E-state index contributed by atoms with van der Waals surface area (Å²) in [5, 5.41) is 0. The van der Waals surface area contributed by atoms with Gasteiger partial charge in [-0.15, -0.1) is 0 Å². The predicted octanol–water partition coefficient (Wildman–Crippen LogP) is -1.56. The molecule has 0 saturated carbocycles. The van der Waals surface area contributed by atoms with Crippen LogP contribution >= 0.6 is 0 Å². The molecule has 0 heterocycles. The van der Waals surface area contributed by atoms with Crippen LogP contribution in [-0.2, 0) is 0 Å². The number of hydrogen-bond acceptors (Lipinski definition) is 4. The summed E-state index contributed by atoms with van der Waals surface area (Å²) in [7, 11) is 0. The molecule has 0 saturated heterocycles. The molecule has 0 amide bonds. The summed E-state index contributed by atoms with van der Waals surface area (Å²) in [6.07, 6.45) is 0. The molecule has 8 N–H and O–H groups in total. The molecule has 0 bridgehead atoms. The lowest BCUT2D eigenvalue weighted by molar-refractivity contribution is 0.976. The van der Waals surface area contributed by atoms with Gasteiger partial charge in [0.15, 0.2) is 0 Å². The molecule has 0 fully saturated rings. The maximum atomic E-state index is 4.90. The van der Waals surface area contributed by atoms with Crippen molar-refractivity contribution in [1.82, 2.24) is 0 Å². The Balaban J connectivity index is -0.0000000720. The summed E-state index contributed by atoms with van der Waals surface area (Å²) in [4.78, 5) is 0. The van der Waals surface area contributed by atoms with Crippen LogP contribution in [0.25, 0.3) is 0 Å². The molecule has 0 aliphatic heterocycles. The van der Waals surface area contributed by atoms with E-state index in [0.29, 0.717) is 26.2 Å². The Morgan fingerprint density at radius 3 is 0.667 bits per heavy atom. The molecule has 4 nitrogen and oxygen atoms in total. The van der Waals surface area contributed by atoms with E-state index in [4.69, 9.17) is 22.9 Å². The van der Waals surface area contributed by atoms with Gasteiger partial charge in [-0.3, -0.25) is 0 Å². The standard InChI is InChI=1S/2C2H8N2.CH4/c2*3-1-2-4;/h2*1-4H2;1H4. The molecule has 0 aromatic heterocycles. The van der Waals surface area contributed by atoms with Gasteiger partial charge in [-0.25, -0.2) is 0 Å². The molecule has 0 rings (SSSR count). The van der Waals surface area contributed by atoms with Crippen LogP contribution in [0.4, 0.5) is 0 Å². The smallest absolute Gasteiger partial charge is 0.00461 e. The lowest BCUT2D eigenvalue weighted by Crippen LogP contribution is -2.11. The zero-order valence-electron chi connectivity index (χ0n) is 5.14. The third-order valence-electron chi connectivity index (χ3n) is 0.333. The Morgan fingerprint density at radius 2 is 0.667 bits per heavy atom. The fourth-order valence-corrected chi connectivity index (χ4v) is 0. The van der Waals surface area contributed by atoms with Gasteiger partial charge in [0.2, 0.25) is 0 Å². The van der Waals surface area contributed by atoms with Gasteiger partial charge in [0, 0.05) is 26.2 Å². The Hall–Kier alpha value is -0.160. The van der Waals surface area contributed by atoms with Crippen molar-refractivity contribution in [2.45, 2.75) is 7.43 Å². The first-order valence-electron chi connectivity index (χ1n) is 2.63. The highest BCUT2D eigenvalue weighted by molar-refractivity contribution is 4.26. The Labute approximate surface area is 57.6 Å². The van der Waals surface area contributed by atoms with Crippen LogP contribution in [0.5, 0.6) is 0 Å². The highest BCUT2D eigenvalue weighted by Crippen LogP contribution is 1.24. The molecule has 0 spiro atoms. The van der Waals surface area contributed by atoms with E-state index in [-0.39, 0.29) is 7.43 Å². The number of nitrogens with two attached hydrogens (primary N) is 4. The summed E-state index contributed by atoms with van der Waals surface area (Å²) >= 11 is 0. The molecule has 4 heteroatoms. The maximum Gasteiger partial charge on any atom is 0.00461 e. The minimum absolute atomic E-state index is 0. The molecular weight excluding hydrogens is 116 g/mol. The van der Waals surface area contributed by atoms with Gasteiger partial charge in [-0.2, -0.15) is 0 Å². The lowest BCUT2D eigenvalue weighted by Gasteiger charge is -1.72. The van der Waals surface area contributed by atoms with E-state index in [2.05, 4.69) is 0 Å². The van der Waals surface area contributed by atoms with Gasteiger partial charge in [0.25, 0.3) is 0 Å². The van der Waals surface area contributed by atoms with Crippen molar-refractivity contribution in [3.63, 3.8) is 0 Å². The van der Waals surface area contributed by atoms with Crippen molar-refractivity contribution in [3.8, 4) is 0 Å². The van der Waals surface area contributed by atoms with Gasteiger partial charge in [-0.1, -0.05) is 7.43 Å². The molecule has 60 valence electrons. The van der Waals surface area contributed by atoms with Crippen molar-refractivity contribution >= 4 is 0 Å². The van der Waals surface area contributed by atoms with Crippen molar-refractivity contribution in [3.05, 3.63) is 0 Å². The zero-order valence-corrected chi connectivity index (χ0v) is 5.14. The van der Waals surface area contributed by atoms with Crippen LogP contribution in [0.15, 0.2) is 0 Å². The first-order valence-corrected chi connectivity index (χ1v) is 2.63. The fraction of sp³-hybridized carbons (Fsp3) is 1.00. The van der Waals surface area contributed by atoms with Gasteiger partial charge in [0.1, 0.15) is 0 Å². The number of hydrogen-bond donors (Lipinski definition) is 4. The molecule has 0 aromatic carbocycles. The average Bonchev–Trinajstić information content (AvgIpc) is 1.88. The van der Waals surface area contributed by atoms with Crippen LogP contribution in [-0.4, -0.2) is 26.2 Å². The van der Waals surface area contributed by atoms with Crippen molar-refractivity contribution < 1.29 is 0 Å². The Kier molecular flexibility index (Phi) is 44.0. The molecule has 0 radical (unpaired) electrons. The normalized spacial score (nSPS) is 6.67. The summed E-state index contributed by atoms with van der Waals surface area (Å²) < 4.78 is 0. The Bertz CT molecular complexity index is 16.9. The molecule has 9 heavy (non-hydrogen) atoms. The SMILES string of the molecule is C.NCCN.NCCN. The second-order valence-corrected chi connectivity index (χ2v) is 1.15. The quantitative estimate of drug-likeness (QED) is 0.368. The van der Waals surface area contributed by atoms with Crippen molar-refractivity contribution in [2.24, 2.45) is 22.9 Å². The largest absolute Gasteiger partial charge is 0.329 e. The third kappa shape index (κ3) is 79.0. The highest BCUT2D eigenvalue weighted by atomic mass is 14.6. The first kappa shape index (κ1) is 15.9. The van der Waals surface area contributed by atoms with E-state index < -0.39 is 0 Å². The second kappa shape index (κ2) is 24.9. The molecule has 0 aromatic rings. The van der Waals surface area contributed by atoms with E-state index in [9.17, 15) is 0 Å². The first-order chi connectivity index (χ1) is 3.83. The monoisotopic (exact) mass is 136 g/mol. The molecular formula is C5H20N4. The van der Waals surface area contributed by atoms with Gasteiger partial charge >= 0.3 is 0 Å². The molecule has 0 unspecified atom stereocenters. The van der Waals surface area contributed by atoms with Gasteiger partial charge in [0.05, 0.1) is 0 Å². The maximum absolute atomic E-state index is 4.90. The minimum Gasteiger partial charge on any atom is -0.329 e. The molecule has 0 atom stereocenters. The lowest BCUT2D eigenvalue weighted by atomic mass is 10.7. The Morgan fingerprint density at radius 1 is 0.556 bits per heavy atom. The second-order valence-electron chi connectivity index (χ2n) is 1.15. The van der Waals surface area contributed by atoms with Crippen LogP contribution in [0, 0.1) is 0 Å². The molecule has 0 aliphatic rings. The zero-order chi connectivity index (χ0) is 6.83. The molecule has 0 aliphatic carbocycles.